The summed E-state index contributed by atoms with van der Waals surface area (Å²) < 4.78 is 1.97. The van der Waals surface area contributed by atoms with E-state index >= 15 is 0 Å². The number of nitrogens with zero attached hydrogens (tertiary/aromatic N) is 2. The van der Waals surface area contributed by atoms with E-state index in [-0.39, 0.29) is 6.10 Å². The van der Waals surface area contributed by atoms with Crippen LogP contribution < -0.4 is 0 Å². The van der Waals surface area contributed by atoms with Gasteiger partial charge < -0.3 is 5.11 Å². The Kier molecular flexibility index (Phi) is 4.38. The van der Waals surface area contributed by atoms with Crippen LogP contribution in [0.5, 0.6) is 0 Å². The molecular weight excluding hydrogens is 236 g/mol. The second-order valence-electron chi connectivity index (χ2n) is 5.08. The summed E-state index contributed by atoms with van der Waals surface area (Å²) in [6, 6.07) is 10.3. The minimum atomic E-state index is -0.359. The third-order valence-corrected chi connectivity index (χ3v) is 3.45. The van der Waals surface area contributed by atoms with Crippen LogP contribution in [0.1, 0.15) is 29.4 Å². The summed E-state index contributed by atoms with van der Waals surface area (Å²) in [5.74, 6) is 0. The number of aliphatic hydroxyl groups is 1. The van der Waals surface area contributed by atoms with Crippen molar-refractivity contribution in [2.45, 2.75) is 46.3 Å². The van der Waals surface area contributed by atoms with Crippen LogP contribution in [-0.4, -0.2) is 21.0 Å². The Morgan fingerprint density at radius 3 is 2.63 bits per heavy atom. The molecule has 2 aromatic rings. The van der Waals surface area contributed by atoms with E-state index in [2.05, 4.69) is 37.1 Å². The number of hydrogen-bond acceptors (Lipinski definition) is 2. The Balaban J connectivity index is 2.05. The second kappa shape index (κ2) is 6.02. The lowest BCUT2D eigenvalue weighted by Crippen LogP contribution is -2.17. The topological polar surface area (TPSA) is 38.0 Å². The van der Waals surface area contributed by atoms with Crippen molar-refractivity contribution in [3.8, 4) is 0 Å². The second-order valence-corrected chi connectivity index (χ2v) is 5.08. The largest absolute Gasteiger partial charge is 0.392 e. The Morgan fingerprint density at radius 1 is 1.21 bits per heavy atom. The molecule has 1 N–H and O–H groups in total. The van der Waals surface area contributed by atoms with E-state index in [0.717, 1.165) is 17.9 Å². The first kappa shape index (κ1) is 13.8. The molecule has 1 aromatic heterocycles. The van der Waals surface area contributed by atoms with Crippen LogP contribution in [0, 0.1) is 13.8 Å². The molecular formula is C16H22N2O. The summed E-state index contributed by atoms with van der Waals surface area (Å²) in [4.78, 5) is 0. The van der Waals surface area contributed by atoms with E-state index in [1.165, 1.54) is 11.1 Å². The van der Waals surface area contributed by atoms with Gasteiger partial charge in [-0.15, -0.1) is 0 Å². The van der Waals surface area contributed by atoms with Crippen molar-refractivity contribution in [1.29, 1.82) is 0 Å². The maximum absolute atomic E-state index is 10.3. The molecule has 102 valence electrons. The van der Waals surface area contributed by atoms with Crippen molar-refractivity contribution in [2.24, 2.45) is 0 Å². The fourth-order valence-corrected chi connectivity index (χ4v) is 2.44. The lowest BCUT2D eigenvalue weighted by atomic mass is 10.00. The van der Waals surface area contributed by atoms with Crippen LogP contribution in [0.3, 0.4) is 0 Å². The maximum Gasteiger partial charge on any atom is 0.0635 e. The zero-order chi connectivity index (χ0) is 13.8. The maximum atomic E-state index is 10.3. The molecule has 0 aliphatic carbocycles. The average molecular weight is 258 g/mol. The van der Waals surface area contributed by atoms with Crippen LogP contribution in [0.15, 0.2) is 30.3 Å². The normalized spacial score (nSPS) is 12.6. The van der Waals surface area contributed by atoms with Crippen LogP contribution in [0.25, 0.3) is 0 Å². The smallest absolute Gasteiger partial charge is 0.0635 e. The molecule has 3 heteroatoms. The number of benzene rings is 1. The third kappa shape index (κ3) is 3.44. The van der Waals surface area contributed by atoms with Gasteiger partial charge in [0.05, 0.1) is 11.8 Å². The van der Waals surface area contributed by atoms with E-state index < -0.39 is 0 Å². The molecule has 0 saturated heterocycles. The minimum absolute atomic E-state index is 0.359. The zero-order valence-electron chi connectivity index (χ0n) is 11.9. The summed E-state index contributed by atoms with van der Waals surface area (Å²) in [6.07, 6.45) is 0.992. The molecule has 0 aliphatic rings. The lowest BCUT2D eigenvalue weighted by Gasteiger charge is -2.13. The number of aliphatic hydroxyl groups excluding tert-OH is 1. The molecule has 19 heavy (non-hydrogen) atoms. The summed E-state index contributed by atoms with van der Waals surface area (Å²) in [5.41, 5.74) is 4.58. The van der Waals surface area contributed by atoms with Crippen molar-refractivity contribution in [3.05, 3.63) is 52.8 Å². The molecule has 1 unspecified atom stereocenters. The van der Waals surface area contributed by atoms with Gasteiger partial charge in [0.25, 0.3) is 0 Å². The number of aryl methyl sites for hydroxylation is 3. The number of rotatable bonds is 5. The summed E-state index contributed by atoms with van der Waals surface area (Å²) in [5, 5.41) is 14.7. The van der Waals surface area contributed by atoms with E-state index in [1.807, 2.05) is 23.7 Å². The van der Waals surface area contributed by atoms with Crippen LogP contribution >= 0.6 is 0 Å². The average Bonchev–Trinajstić information content (AvgIpc) is 2.72. The Hall–Kier alpha value is -1.61. The summed E-state index contributed by atoms with van der Waals surface area (Å²) in [7, 11) is 0. The van der Waals surface area contributed by atoms with Crippen molar-refractivity contribution in [1.82, 2.24) is 9.78 Å². The van der Waals surface area contributed by atoms with Gasteiger partial charge in [0.15, 0.2) is 0 Å². The zero-order valence-corrected chi connectivity index (χ0v) is 11.9. The first-order valence-corrected chi connectivity index (χ1v) is 6.86. The molecule has 3 nitrogen and oxygen atoms in total. The highest BCUT2D eigenvalue weighted by molar-refractivity contribution is 5.26. The van der Waals surface area contributed by atoms with Crippen LogP contribution in [0.2, 0.25) is 0 Å². The Bertz CT molecular complexity index is 545. The third-order valence-electron chi connectivity index (χ3n) is 3.45. The molecule has 0 spiro atoms. The van der Waals surface area contributed by atoms with Gasteiger partial charge >= 0.3 is 0 Å². The molecule has 0 radical (unpaired) electrons. The Labute approximate surface area is 114 Å². The van der Waals surface area contributed by atoms with Crippen molar-refractivity contribution >= 4 is 0 Å². The van der Waals surface area contributed by atoms with Gasteiger partial charge in [-0.05, 0) is 44.4 Å². The van der Waals surface area contributed by atoms with Gasteiger partial charge in [-0.25, -0.2) is 0 Å². The number of hydrogen-bond donors (Lipinski definition) is 1. The van der Waals surface area contributed by atoms with E-state index in [0.29, 0.717) is 12.8 Å². The fourth-order valence-electron chi connectivity index (χ4n) is 2.44. The predicted molar refractivity (Wildman–Crippen MR) is 77.2 cm³/mol. The van der Waals surface area contributed by atoms with E-state index in [9.17, 15) is 5.11 Å². The van der Waals surface area contributed by atoms with Gasteiger partial charge in [0.1, 0.15) is 0 Å². The van der Waals surface area contributed by atoms with Gasteiger partial charge in [0.2, 0.25) is 0 Å². The van der Waals surface area contributed by atoms with Gasteiger partial charge in [-0.2, -0.15) is 5.10 Å². The number of aromatic nitrogens is 2. The highest BCUT2D eigenvalue weighted by Crippen LogP contribution is 2.13. The first-order chi connectivity index (χ1) is 9.10. The quantitative estimate of drug-likeness (QED) is 0.895. The molecule has 0 bridgehead atoms. The molecule has 2 rings (SSSR count). The molecule has 1 heterocycles. The van der Waals surface area contributed by atoms with Crippen molar-refractivity contribution in [3.63, 3.8) is 0 Å². The Morgan fingerprint density at radius 2 is 1.95 bits per heavy atom. The molecule has 1 atom stereocenters. The van der Waals surface area contributed by atoms with E-state index in [4.69, 9.17) is 0 Å². The minimum Gasteiger partial charge on any atom is -0.392 e. The first-order valence-electron chi connectivity index (χ1n) is 6.86. The van der Waals surface area contributed by atoms with Crippen LogP contribution in [-0.2, 0) is 19.4 Å². The highest BCUT2D eigenvalue weighted by Gasteiger charge is 2.12. The molecule has 1 aromatic carbocycles. The van der Waals surface area contributed by atoms with Gasteiger partial charge in [-0.1, -0.05) is 24.3 Å². The summed E-state index contributed by atoms with van der Waals surface area (Å²) >= 11 is 0. The van der Waals surface area contributed by atoms with Crippen molar-refractivity contribution < 1.29 is 5.11 Å². The van der Waals surface area contributed by atoms with E-state index in [1.54, 1.807) is 0 Å². The predicted octanol–water partition coefficient (Wildman–Crippen LogP) is 2.67. The van der Waals surface area contributed by atoms with Gasteiger partial charge in [0, 0.05) is 18.7 Å². The van der Waals surface area contributed by atoms with Crippen LogP contribution in [0.4, 0.5) is 0 Å². The SMILES string of the molecule is CCn1nc(C)cc1CC(O)Cc1ccccc1C. The molecule has 0 fully saturated rings. The van der Waals surface area contributed by atoms with Gasteiger partial charge in [-0.3, -0.25) is 4.68 Å². The molecule has 0 saturated carbocycles. The fraction of sp³-hybridized carbons (Fsp3) is 0.438. The standard InChI is InChI=1S/C16H22N2O/c1-4-18-15(9-13(3)17-18)11-16(19)10-14-8-6-5-7-12(14)2/h5-9,16,19H,4,10-11H2,1-3H3. The highest BCUT2D eigenvalue weighted by atomic mass is 16.3. The summed E-state index contributed by atoms with van der Waals surface area (Å²) in [6.45, 7) is 7.00. The molecule has 0 amide bonds. The molecule has 0 aliphatic heterocycles. The monoisotopic (exact) mass is 258 g/mol. The lowest BCUT2D eigenvalue weighted by molar-refractivity contribution is 0.172. The van der Waals surface area contributed by atoms with Crippen molar-refractivity contribution in [2.75, 3.05) is 0 Å².